The Bertz CT molecular complexity index is 394. The average molecular weight is 325 g/mol. The zero-order chi connectivity index (χ0) is 17.6. The van der Waals surface area contributed by atoms with Gasteiger partial charge in [0.2, 0.25) is 0 Å². The number of allylic oxidation sites excluding steroid dienone is 3. The summed E-state index contributed by atoms with van der Waals surface area (Å²) in [6.07, 6.45) is 11.5. The van der Waals surface area contributed by atoms with Crippen LogP contribution in [0, 0.1) is 0 Å². The number of rotatable bonds is 10. The first-order valence-corrected chi connectivity index (χ1v) is 8.27. The largest absolute Gasteiger partial charge is 0.461 e. The molecule has 0 aliphatic carbocycles. The lowest BCUT2D eigenvalue weighted by molar-refractivity contribution is -0.142. The van der Waals surface area contributed by atoms with Crippen molar-refractivity contribution >= 4 is 12.1 Å². The van der Waals surface area contributed by atoms with Gasteiger partial charge in [0.1, 0.15) is 12.2 Å². The molecule has 0 atom stereocenters. The van der Waals surface area contributed by atoms with Gasteiger partial charge in [-0.15, -0.1) is 0 Å². The van der Waals surface area contributed by atoms with Gasteiger partial charge >= 0.3 is 12.1 Å². The molecule has 5 nitrogen and oxygen atoms in total. The van der Waals surface area contributed by atoms with E-state index in [0.717, 1.165) is 19.3 Å². The third-order valence-electron chi connectivity index (χ3n) is 2.63. The molecule has 0 rings (SSSR count). The summed E-state index contributed by atoms with van der Waals surface area (Å²) in [7, 11) is 0. The Kier molecular flexibility index (Phi) is 11.7. The Balaban J connectivity index is 3.57. The number of nitrogens with one attached hydrogen (secondary N) is 1. The number of hydrogen-bond acceptors (Lipinski definition) is 4. The van der Waals surface area contributed by atoms with Crippen molar-refractivity contribution in [1.29, 1.82) is 0 Å². The average Bonchev–Trinajstić information content (AvgIpc) is 2.44. The molecule has 0 aliphatic heterocycles. The van der Waals surface area contributed by atoms with Crippen molar-refractivity contribution in [3.05, 3.63) is 24.3 Å². The zero-order valence-electron chi connectivity index (χ0n) is 14.9. The Morgan fingerprint density at radius 2 is 1.78 bits per heavy atom. The van der Waals surface area contributed by atoms with Gasteiger partial charge in [0.15, 0.2) is 0 Å². The minimum Gasteiger partial charge on any atom is -0.461 e. The van der Waals surface area contributed by atoms with Crippen LogP contribution in [0.15, 0.2) is 24.3 Å². The molecule has 1 N–H and O–H groups in total. The first-order valence-electron chi connectivity index (χ1n) is 8.27. The van der Waals surface area contributed by atoms with Crippen LogP contribution < -0.4 is 5.32 Å². The standard InChI is InChI=1S/C18H31NO4/c1-5-6-7-8-9-10-11-15-22-16(20)13-12-14-19-17(21)23-18(2,3)4/h7-8,10-11H,5-6,9,12-15H2,1-4H3,(H,19,21)/b8-7-,11-10-. The number of carbonyl (C=O) groups excluding carboxylic acids is 2. The summed E-state index contributed by atoms with van der Waals surface area (Å²) in [6, 6.07) is 0. The third kappa shape index (κ3) is 16.4. The van der Waals surface area contributed by atoms with Crippen LogP contribution in [0.25, 0.3) is 0 Å². The molecule has 0 spiro atoms. The molecule has 0 saturated carbocycles. The highest BCUT2D eigenvalue weighted by atomic mass is 16.6. The molecule has 0 unspecified atom stereocenters. The summed E-state index contributed by atoms with van der Waals surface area (Å²) < 4.78 is 10.2. The number of hydrogen-bond donors (Lipinski definition) is 1. The van der Waals surface area contributed by atoms with E-state index >= 15 is 0 Å². The van der Waals surface area contributed by atoms with Gasteiger partial charge in [-0.25, -0.2) is 4.79 Å². The van der Waals surface area contributed by atoms with E-state index in [1.54, 1.807) is 20.8 Å². The molecular formula is C18H31NO4. The first-order chi connectivity index (χ1) is 10.8. The van der Waals surface area contributed by atoms with Crippen molar-refractivity contribution in [2.45, 2.75) is 65.4 Å². The van der Waals surface area contributed by atoms with Crippen molar-refractivity contribution in [2.24, 2.45) is 0 Å². The van der Waals surface area contributed by atoms with Gasteiger partial charge in [-0.2, -0.15) is 0 Å². The maximum absolute atomic E-state index is 11.5. The predicted octanol–water partition coefficient (Wildman–Crippen LogP) is 4.14. The van der Waals surface area contributed by atoms with Crippen molar-refractivity contribution in [1.82, 2.24) is 5.32 Å². The van der Waals surface area contributed by atoms with Gasteiger partial charge in [0, 0.05) is 13.0 Å². The van der Waals surface area contributed by atoms with E-state index in [1.807, 2.05) is 12.2 Å². The summed E-state index contributed by atoms with van der Waals surface area (Å²) >= 11 is 0. The van der Waals surface area contributed by atoms with E-state index in [0.29, 0.717) is 19.6 Å². The maximum Gasteiger partial charge on any atom is 0.407 e. The number of ether oxygens (including phenoxy) is 2. The molecule has 23 heavy (non-hydrogen) atoms. The highest BCUT2D eigenvalue weighted by Crippen LogP contribution is 2.06. The van der Waals surface area contributed by atoms with Crippen LogP contribution in [0.1, 0.15) is 59.8 Å². The van der Waals surface area contributed by atoms with E-state index in [1.165, 1.54) is 0 Å². The molecular weight excluding hydrogens is 294 g/mol. The summed E-state index contributed by atoms with van der Waals surface area (Å²) in [5.74, 6) is -0.262. The molecule has 0 aromatic heterocycles. The minimum absolute atomic E-state index is 0.262. The van der Waals surface area contributed by atoms with Crippen molar-refractivity contribution in [2.75, 3.05) is 13.2 Å². The molecule has 0 aromatic carbocycles. The fourth-order valence-electron chi connectivity index (χ4n) is 1.57. The second-order valence-corrected chi connectivity index (χ2v) is 6.18. The summed E-state index contributed by atoms with van der Waals surface area (Å²) in [4.78, 5) is 22.9. The van der Waals surface area contributed by atoms with Crippen LogP contribution in [-0.4, -0.2) is 30.8 Å². The van der Waals surface area contributed by atoms with E-state index in [-0.39, 0.29) is 12.4 Å². The van der Waals surface area contributed by atoms with E-state index in [4.69, 9.17) is 9.47 Å². The maximum atomic E-state index is 11.5. The van der Waals surface area contributed by atoms with Crippen LogP contribution in [0.2, 0.25) is 0 Å². The van der Waals surface area contributed by atoms with E-state index in [9.17, 15) is 9.59 Å². The number of alkyl carbamates (subject to hydrolysis) is 1. The summed E-state index contributed by atoms with van der Waals surface area (Å²) in [5, 5.41) is 2.60. The van der Waals surface area contributed by atoms with Gasteiger partial charge in [-0.1, -0.05) is 37.6 Å². The summed E-state index contributed by atoms with van der Waals surface area (Å²) in [5.41, 5.74) is -0.513. The molecule has 0 radical (unpaired) electrons. The minimum atomic E-state index is -0.513. The number of carbonyl (C=O) groups is 2. The molecule has 5 heteroatoms. The van der Waals surface area contributed by atoms with Crippen molar-refractivity contribution in [3.8, 4) is 0 Å². The van der Waals surface area contributed by atoms with Gasteiger partial charge in [-0.05, 0) is 40.0 Å². The Labute approximate surface area is 140 Å². The van der Waals surface area contributed by atoms with E-state index < -0.39 is 11.7 Å². The number of esters is 1. The van der Waals surface area contributed by atoms with Crippen LogP contribution in [-0.2, 0) is 14.3 Å². The molecule has 132 valence electrons. The molecule has 0 saturated heterocycles. The van der Waals surface area contributed by atoms with Gasteiger partial charge in [-0.3, -0.25) is 4.79 Å². The van der Waals surface area contributed by atoms with Crippen LogP contribution in [0.3, 0.4) is 0 Å². The first kappa shape index (κ1) is 21.2. The van der Waals surface area contributed by atoms with E-state index in [2.05, 4.69) is 24.4 Å². The van der Waals surface area contributed by atoms with Crippen molar-refractivity contribution < 1.29 is 19.1 Å². The normalized spacial score (nSPS) is 11.8. The topological polar surface area (TPSA) is 64.6 Å². The Morgan fingerprint density at radius 3 is 2.43 bits per heavy atom. The monoisotopic (exact) mass is 325 g/mol. The molecule has 1 amide bonds. The molecule has 0 aromatic rings. The van der Waals surface area contributed by atoms with Crippen LogP contribution in [0.4, 0.5) is 4.79 Å². The smallest absolute Gasteiger partial charge is 0.407 e. The molecule has 0 aliphatic rings. The predicted molar refractivity (Wildman–Crippen MR) is 92.2 cm³/mol. The Hall–Kier alpha value is -1.78. The van der Waals surface area contributed by atoms with Gasteiger partial charge < -0.3 is 14.8 Å². The lowest BCUT2D eigenvalue weighted by atomic mass is 10.2. The highest BCUT2D eigenvalue weighted by Gasteiger charge is 2.15. The Morgan fingerprint density at radius 1 is 1.09 bits per heavy atom. The lowest BCUT2D eigenvalue weighted by Crippen LogP contribution is -2.33. The molecule has 0 heterocycles. The lowest BCUT2D eigenvalue weighted by Gasteiger charge is -2.19. The second kappa shape index (κ2) is 12.7. The van der Waals surface area contributed by atoms with Gasteiger partial charge in [0.05, 0.1) is 0 Å². The molecule has 0 fully saturated rings. The highest BCUT2D eigenvalue weighted by molar-refractivity contribution is 5.70. The molecule has 0 bridgehead atoms. The van der Waals surface area contributed by atoms with Crippen LogP contribution in [0.5, 0.6) is 0 Å². The van der Waals surface area contributed by atoms with Crippen molar-refractivity contribution in [3.63, 3.8) is 0 Å². The third-order valence-corrected chi connectivity index (χ3v) is 2.63. The quantitative estimate of drug-likeness (QED) is 0.372. The number of amides is 1. The van der Waals surface area contributed by atoms with Gasteiger partial charge in [0.25, 0.3) is 0 Å². The second-order valence-electron chi connectivity index (χ2n) is 6.18. The SMILES string of the molecule is CCC/C=C\C/C=C\COC(=O)CCCNC(=O)OC(C)(C)C. The number of unbranched alkanes of at least 4 members (excludes halogenated alkanes) is 1. The fraction of sp³-hybridized carbons (Fsp3) is 0.667. The fourth-order valence-corrected chi connectivity index (χ4v) is 1.57. The zero-order valence-corrected chi connectivity index (χ0v) is 14.9. The summed E-state index contributed by atoms with van der Waals surface area (Å²) in [6.45, 7) is 8.23. The van der Waals surface area contributed by atoms with Crippen LogP contribution >= 0.6 is 0 Å².